The third kappa shape index (κ3) is 4.84. The number of anilines is 1. The van der Waals surface area contributed by atoms with Crippen LogP contribution >= 0.6 is 0 Å². The van der Waals surface area contributed by atoms with Crippen LogP contribution in [0.2, 0.25) is 0 Å². The summed E-state index contributed by atoms with van der Waals surface area (Å²) in [4.78, 5) is 18.0. The van der Waals surface area contributed by atoms with Gasteiger partial charge in [-0.2, -0.15) is 0 Å². The van der Waals surface area contributed by atoms with Crippen LogP contribution in [0, 0.1) is 5.82 Å². The van der Waals surface area contributed by atoms with Crippen molar-refractivity contribution in [2.75, 3.05) is 30.6 Å². The highest BCUT2D eigenvalue weighted by Crippen LogP contribution is 2.39. The molecule has 12 heteroatoms. The van der Waals surface area contributed by atoms with Crippen molar-refractivity contribution in [2.45, 2.75) is 56.7 Å². The molecule has 2 aromatic rings. The first-order chi connectivity index (χ1) is 18.1. The molecule has 1 saturated carbocycles. The van der Waals surface area contributed by atoms with Gasteiger partial charge in [-0.05, 0) is 38.7 Å². The van der Waals surface area contributed by atoms with Gasteiger partial charge in [-0.1, -0.05) is 18.2 Å². The fourth-order valence-electron chi connectivity index (χ4n) is 5.23. The van der Waals surface area contributed by atoms with Gasteiger partial charge in [0.15, 0.2) is 0 Å². The van der Waals surface area contributed by atoms with Crippen LogP contribution in [0.3, 0.4) is 0 Å². The van der Waals surface area contributed by atoms with Crippen LogP contribution in [0.5, 0.6) is 0 Å². The van der Waals surface area contributed by atoms with Crippen molar-refractivity contribution in [3.63, 3.8) is 0 Å². The summed E-state index contributed by atoms with van der Waals surface area (Å²) in [5, 5.41) is 6.27. The van der Waals surface area contributed by atoms with Crippen LogP contribution in [-0.2, 0) is 27.1 Å². The largest absolute Gasteiger partial charge is 0.373 e. The van der Waals surface area contributed by atoms with Crippen molar-refractivity contribution in [2.24, 2.45) is 16.4 Å². The zero-order chi connectivity index (χ0) is 27.2. The summed E-state index contributed by atoms with van der Waals surface area (Å²) in [7, 11) is 0.870. The molecule has 0 spiro atoms. The number of hydrogen-bond acceptors (Lipinski definition) is 7. The number of nitrogens with zero attached hydrogens (tertiary/aromatic N) is 3. The summed E-state index contributed by atoms with van der Waals surface area (Å²) < 4.78 is 66.6. The molecule has 8 nitrogen and oxygen atoms in total. The van der Waals surface area contributed by atoms with E-state index in [0.29, 0.717) is 47.1 Å². The van der Waals surface area contributed by atoms with Crippen molar-refractivity contribution in [1.82, 2.24) is 9.88 Å². The standard InChI is InChI=1S/C26H32F3N5O3S/c1-15(17-5-4-6-18(21(17)27)22(28)29)32-23-19-13-20(25(35)34(2)24(19)31-14-30-23)26(37-3)9-11-38(36,12-10-26)33-16-7-8-16/h4-6,13,15-16,22,31H,7-12,14H2,1-3H3,(H,30,32)/t15-,26?,38?/m1/s1. The second-order valence-corrected chi connectivity index (χ2v) is 12.7. The molecule has 5 rings (SSSR count). The SMILES string of the molecule is COC1(c2cc3c(n(C)c2=O)NCN=C3N[C@H](C)c2cccc(C(F)F)c2F)CCS(=O)(=NC2CC2)CC1. The van der Waals surface area contributed by atoms with Crippen LogP contribution in [-0.4, -0.2) is 45.9 Å². The molecule has 3 aliphatic rings. The molecule has 1 atom stereocenters. The molecule has 0 unspecified atom stereocenters. The van der Waals surface area contributed by atoms with Gasteiger partial charge < -0.3 is 15.4 Å². The predicted octanol–water partition coefficient (Wildman–Crippen LogP) is 4.21. The van der Waals surface area contributed by atoms with Gasteiger partial charge in [0.2, 0.25) is 0 Å². The monoisotopic (exact) mass is 551 g/mol. The number of benzene rings is 1. The molecule has 2 aliphatic heterocycles. The van der Waals surface area contributed by atoms with Gasteiger partial charge in [0.25, 0.3) is 12.0 Å². The maximum absolute atomic E-state index is 14.8. The number of pyridine rings is 1. The van der Waals surface area contributed by atoms with E-state index in [1.807, 2.05) is 0 Å². The molecule has 2 fully saturated rings. The van der Waals surface area contributed by atoms with Crippen molar-refractivity contribution in [3.8, 4) is 0 Å². The highest BCUT2D eigenvalue weighted by molar-refractivity contribution is 7.93. The first-order valence-corrected chi connectivity index (χ1v) is 14.6. The van der Waals surface area contributed by atoms with Gasteiger partial charge >= 0.3 is 0 Å². The highest BCUT2D eigenvalue weighted by atomic mass is 32.2. The van der Waals surface area contributed by atoms with Crippen LogP contribution in [0.1, 0.15) is 67.3 Å². The molecular formula is C26H32F3N5O3S. The van der Waals surface area contributed by atoms with E-state index in [0.717, 1.165) is 18.9 Å². The quantitative estimate of drug-likeness (QED) is 0.561. The fourth-order valence-corrected chi connectivity index (χ4v) is 7.70. The lowest BCUT2D eigenvalue weighted by atomic mass is 9.87. The summed E-state index contributed by atoms with van der Waals surface area (Å²) in [6.07, 6.45) is -0.184. The fraction of sp³-hybridized carbons (Fsp3) is 0.538. The third-order valence-electron chi connectivity index (χ3n) is 7.69. The summed E-state index contributed by atoms with van der Waals surface area (Å²) >= 11 is 0. The molecular weight excluding hydrogens is 519 g/mol. The second kappa shape index (κ2) is 10.0. The number of hydrogen-bond donors (Lipinski definition) is 2. The van der Waals surface area contributed by atoms with Crippen molar-refractivity contribution in [3.05, 3.63) is 62.7 Å². The Morgan fingerprint density at radius 3 is 2.58 bits per heavy atom. The van der Waals surface area contributed by atoms with Crippen molar-refractivity contribution >= 4 is 21.4 Å². The van der Waals surface area contributed by atoms with E-state index >= 15 is 0 Å². The lowest BCUT2D eigenvalue weighted by molar-refractivity contribution is -0.0242. The molecule has 206 valence electrons. The molecule has 0 bridgehead atoms. The lowest BCUT2D eigenvalue weighted by Crippen LogP contribution is -2.45. The number of nitrogens with one attached hydrogen (secondary N) is 2. The Morgan fingerprint density at radius 2 is 1.95 bits per heavy atom. The summed E-state index contributed by atoms with van der Waals surface area (Å²) in [6.45, 7) is 1.84. The first-order valence-electron chi connectivity index (χ1n) is 12.7. The Morgan fingerprint density at radius 1 is 1.26 bits per heavy atom. The van der Waals surface area contributed by atoms with E-state index in [4.69, 9.17) is 4.74 Å². The van der Waals surface area contributed by atoms with Gasteiger partial charge in [-0.3, -0.25) is 9.36 Å². The Kier molecular flexibility index (Phi) is 7.06. The molecule has 1 saturated heterocycles. The number of rotatable bonds is 6. The second-order valence-electron chi connectivity index (χ2n) is 10.2. The third-order valence-corrected chi connectivity index (χ3v) is 10.1. The maximum atomic E-state index is 14.8. The molecule has 1 aromatic heterocycles. The van der Waals surface area contributed by atoms with Gasteiger partial charge in [0.05, 0.1) is 34.4 Å². The lowest BCUT2D eigenvalue weighted by Gasteiger charge is -2.38. The van der Waals surface area contributed by atoms with E-state index in [2.05, 4.69) is 20.0 Å². The summed E-state index contributed by atoms with van der Waals surface area (Å²) in [5.74, 6) is 0.677. The Hall–Kier alpha value is -2.86. The van der Waals surface area contributed by atoms with E-state index in [1.165, 1.54) is 16.7 Å². The van der Waals surface area contributed by atoms with E-state index in [9.17, 15) is 22.2 Å². The van der Waals surface area contributed by atoms with Gasteiger partial charge in [0, 0.05) is 41.0 Å². The summed E-state index contributed by atoms with van der Waals surface area (Å²) in [5.41, 5.74) is -0.740. The maximum Gasteiger partial charge on any atom is 0.266 e. The minimum Gasteiger partial charge on any atom is -0.373 e. The average molecular weight is 552 g/mol. The molecule has 0 amide bonds. The van der Waals surface area contributed by atoms with E-state index < -0.39 is 39.2 Å². The molecule has 38 heavy (non-hydrogen) atoms. The van der Waals surface area contributed by atoms with Gasteiger partial charge in [0.1, 0.15) is 24.1 Å². The average Bonchev–Trinajstić information content (AvgIpc) is 3.71. The Bertz CT molecular complexity index is 1450. The topological polar surface area (TPSA) is 97.1 Å². The first kappa shape index (κ1) is 26.7. The Labute approximate surface area is 219 Å². The number of ether oxygens (including phenoxy) is 1. The van der Waals surface area contributed by atoms with Crippen LogP contribution < -0.4 is 16.2 Å². The van der Waals surface area contributed by atoms with E-state index in [-0.39, 0.29) is 23.8 Å². The number of halogens is 3. The van der Waals surface area contributed by atoms with Crippen molar-refractivity contribution < 1.29 is 22.1 Å². The van der Waals surface area contributed by atoms with Gasteiger partial charge in [-0.25, -0.2) is 26.7 Å². The van der Waals surface area contributed by atoms with Crippen molar-refractivity contribution in [1.29, 1.82) is 0 Å². The number of alkyl halides is 2. The van der Waals surface area contributed by atoms with E-state index in [1.54, 1.807) is 27.1 Å². The minimum absolute atomic E-state index is 0.0884. The molecule has 1 aliphatic carbocycles. The summed E-state index contributed by atoms with van der Waals surface area (Å²) in [6, 6.07) is 5.16. The zero-order valence-electron chi connectivity index (χ0n) is 21.6. The molecule has 0 radical (unpaired) electrons. The molecule has 2 N–H and O–H groups in total. The van der Waals surface area contributed by atoms with Crippen LogP contribution in [0.4, 0.5) is 19.0 Å². The van der Waals surface area contributed by atoms with Crippen LogP contribution in [0.15, 0.2) is 38.4 Å². The molecule has 1 aromatic carbocycles. The number of fused-ring (bicyclic) bond motifs is 1. The number of methoxy groups -OCH3 is 1. The van der Waals surface area contributed by atoms with Gasteiger partial charge in [-0.15, -0.1) is 0 Å². The predicted molar refractivity (Wildman–Crippen MR) is 141 cm³/mol. The highest BCUT2D eigenvalue weighted by Gasteiger charge is 2.42. The zero-order valence-corrected chi connectivity index (χ0v) is 22.4. The number of amidine groups is 1. The normalized spacial score (nSPS) is 25.8. The Balaban J connectivity index is 1.49. The number of aliphatic imine (C=N–C) groups is 1. The number of aromatic nitrogens is 1. The minimum atomic E-state index is -2.93. The molecule has 3 heterocycles. The van der Waals surface area contributed by atoms with Crippen LogP contribution in [0.25, 0.3) is 0 Å². The smallest absolute Gasteiger partial charge is 0.266 e.